The number of likely N-dealkylation sites (tertiary alicyclic amines) is 1. The molecule has 0 radical (unpaired) electrons. The number of benzene rings is 3. The maximum atomic E-state index is 14.1. The number of hydrogen-bond acceptors (Lipinski definition) is 3. The van der Waals surface area contributed by atoms with Gasteiger partial charge >= 0.3 is 0 Å². The van der Waals surface area contributed by atoms with Crippen molar-refractivity contribution in [2.75, 3.05) is 13.1 Å². The molecule has 5 rings (SSSR count). The minimum atomic E-state index is -0.505. The predicted octanol–water partition coefficient (Wildman–Crippen LogP) is 5.71. The minimum Gasteiger partial charge on any atom is -0.344 e. The number of aromatic nitrogens is 1. The second-order valence-electron chi connectivity index (χ2n) is 9.82. The van der Waals surface area contributed by atoms with E-state index in [-0.39, 0.29) is 5.82 Å². The average molecular weight is 486 g/mol. The molecule has 2 N–H and O–H groups in total. The Hall–Kier alpha value is -3.48. The number of piperidine rings is 1. The number of hydrogen-bond donors (Lipinski definition) is 2. The normalized spacial score (nSPS) is 14.9. The van der Waals surface area contributed by atoms with E-state index in [2.05, 4.69) is 40.7 Å². The molecule has 5 nitrogen and oxygen atoms in total. The summed E-state index contributed by atoms with van der Waals surface area (Å²) < 4.78 is 16.5. The maximum absolute atomic E-state index is 14.1. The Morgan fingerprint density at radius 2 is 1.69 bits per heavy atom. The van der Waals surface area contributed by atoms with Gasteiger partial charge < -0.3 is 4.57 Å². The Balaban J connectivity index is 1.30. The third-order valence-corrected chi connectivity index (χ3v) is 7.56. The number of para-hydroxylation sites is 1. The van der Waals surface area contributed by atoms with Crippen LogP contribution in [0, 0.1) is 18.7 Å². The molecule has 1 saturated heterocycles. The summed E-state index contributed by atoms with van der Waals surface area (Å²) in [6.07, 6.45) is 2.98. The van der Waals surface area contributed by atoms with Crippen molar-refractivity contribution < 1.29 is 14.4 Å². The standard InChI is InChI=1S/C30H32FN3O2/c1-21-27(18-22-10-12-24(13-11-22)30(35)32-36)26-7-3-5-9-29(26)34(21)19-23-14-16-33(17-15-23)20-25-6-2-4-8-28(25)31/h2-13,23,36H,14-20H2,1H3,(H,32,35). The molecule has 1 aliphatic rings. The van der Waals surface area contributed by atoms with Gasteiger partial charge in [-0.3, -0.25) is 14.9 Å². The molecule has 3 aromatic carbocycles. The smallest absolute Gasteiger partial charge is 0.274 e. The first-order chi connectivity index (χ1) is 17.5. The zero-order valence-electron chi connectivity index (χ0n) is 20.6. The second-order valence-corrected chi connectivity index (χ2v) is 9.82. The van der Waals surface area contributed by atoms with Gasteiger partial charge in [-0.25, -0.2) is 9.87 Å². The van der Waals surface area contributed by atoms with Gasteiger partial charge in [-0.05, 0) is 80.6 Å². The largest absolute Gasteiger partial charge is 0.344 e. The van der Waals surface area contributed by atoms with Gasteiger partial charge in [0.05, 0.1) is 0 Å². The van der Waals surface area contributed by atoms with Crippen LogP contribution in [0.3, 0.4) is 0 Å². The molecule has 36 heavy (non-hydrogen) atoms. The molecule has 0 bridgehead atoms. The summed E-state index contributed by atoms with van der Waals surface area (Å²) in [6.45, 7) is 5.83. The summed E-state index contributed by atoms with van der Waals surface area (Å²) in [5, 5.41) is 10.1. The minimum absolute atomic E-state index is 0.118. The van der Waals surface area contributed by atoms with Gasteiger partial charge in [-0.1, -0.05) is 48.5 Å². The highest BCUT2D eigenvalue weighted by Gasteiger charge is 2.23. The number of halogens is 1. The topological polar surface area (TPSA) is 57.5 Å². The Bertz CT molecular complexity index is 1350. The van der Waals surface area contributed by atoms with Crippen LogP contribution in [0.15, 0.2) is 72.8 Å². The van der Waals surface area contributed by atoms with E-state index >= 15 is 0 Å². The van der Waals surface area contributed by atoms with E-state index in [4.69, 9.17) is 5.21 Å². The van der Waals surface area contributed by atoms with Gasteiger partial charge in [-0.2, -0.15) is 0 Å². The van der Waals surface area contributed by atoms with Crippen LogP contribution in [-0.2, 0) is 19.5 Å². The summed E-state index contributed by atoms with van der Waals surface area (Å²) >= 11 is 0. The number of nitrogens with zero attached hydrogens (tertiary/aromatic N) is 2. The van der Waals surface area contributed by atoms with Gasteiger partial charge in [0.1, 0.15) is 5.82 Å². The number of nitrogens with one attached hydrogen (secondary N) is 1. The van der Waals surface area contributed by atoms with E-state index in [0.717, 1.165) is 50.0 Å². The summed E-state index contributed by atoms with van der Waals surface area (Å²) in [5.41, 5.74) is 7.86. The molecule has 1 aromatic heterocycles. The molecule has 1 fully saturated rings. The van der Waals surface area contributed by atoms with Crippen molar-refractivity contribution in [2.45, 2.75) is 39.3 Å². The third kappa shape index (κ3) is 5.06. The van der Waals surface area contributed by atoms with Gasteiger partial charge in [0.15, 0.2) is 0 Å². The monoisotopic (exact) mass is 485 g/mol. The maximum Gasteiger partial charge on any atom is 0.274 e. The molecule has 0 saturated carbocycles. The summed E-state index contributed by atoms with van der Waals surface area (Å²) in [5.74, 6) is -0.0392. The Labute approximate surface area is 211 Å². The highest BCUT2D eigenvalue weighted by molar-refractivity contribution is 5.93. The molecule has 0 atom stereocenters. The number of hydroxylamine groups is 1. The third-order valence-electron chi connectivity index (χ3n) is 7.56. The fourth-order valence-corrected chi connectivity index (χ4v) is 5.46. The van der Waals surface area contributed by atoms with Crippen LogP contribution < -0.4 is 5.48 Å². The van der Waals surface area contributed by atoms with Crippen LogP contribution in [0.1, 0.15) is 45.6 Å². The molecule has 186 valence electrons. The zero-order chi connectivity index (χ0) is 25.1. The molecule has 0 unspecified atom stereocenters. The second kappa shape index (κ2) is 10.6. The zero-order valence-corrected chi connectivity index (χ0v) is 20.6. The quantitative estimate of drug-likeness (QED) is 0.260. The van der Waals surface area contributed by atoms with Crippen molar-refractivity contribution in [3.63, 3.8) is 0 Å². The first kappa shape index (κ1) is 24.2. The Morgan fingerprint density at radius 3 is 2.42 bits per heavy atom. The van der Waals surface area contributed by atoms with Gasteiger partial charge in [0.2, 0.25) is 0 Å². The fraction of sp³-hybridized carbons (Fsp3) is 0.300. The number of rotatable bonds is 7. The molecular formula is C30H32FN3O2. The van der Waals surface area contributed by atoms with Gasteiger partial charge in [0.25, 0.3) is 5.91 Å². The highest BCUT2D eigenvalue weighted by Crippen LogP contribution is 2.31. The van der Waals surface area contributed by atoms with Crippen molar-refractivity contribution in [1.82, 2.24) is 14.9 Å². The Kier molecular flexibility index (Phi) is 7.16. The number of amides is 1. The van der Waals surface area contributed by atoms with E-state index in [9.17, 15) is 9.18 Å². The van der Waals surface area contributed by atoms with E-state index < -0.39 is 5.91 Å². The van der Waals surface area contributed by atoms with Gasteiger partial charge in [0, 0.05) is 40.8 Å². The van der Waals surface area contributed by atoms with Crippen molar-refractivity contribution >= 4 is 16.8 Å². The lowest BCUT2D eigenvalue weighted by molar-refractivity contribution is 0.0706. The van der Waals surface area contributed by atoms with Gasteiger partial charge in [-0.15, -0.1) is 0 Å². The lowest BCUT2D eigenvalue weighted by Gasteiger charge is -2.32. The van der Waals surface area contributed by atoms with Crippen LogP contribution >= 0.6 is 0 Å². The van der Waals surface area contributed by atoms with Crippen LogP contribution in [-0.4, -0.2) is 33.7 Å². The SMILES string of the molecule is Cc1c(Cc2ccc(C(=O)NO)cc2)c2ccccc2n1CC1CCN(Cc2ccccc2F)CC1. The summed E-state index contributed by atoms with van der Waals surface area (Å²) in [7, 11) is 0. The van der Waals surface area contributed by atoms with Crippen molar-refractivity contribution in [3.8, 4) is 0 Å². The average Bonchev–Trinajstić information content (AvgIpc) is 3.17. The van der Waals surface area contributed by atoms with Crippen LogP contribution in [0.5, 0.6) is 0 Å². The molecule has 6 heteroatoms. The molecule has 1 amide bonds. The molecule has 4 aromatic rings. The Morgan fingerprint density at radius 1 is 1.00 bits per heavy atom. The lowest BCUT2D eigenvalue weighted by Crippen LogP contribution is -2.34. The number of carbonyl (C=O) groups excluding carboxylic acids is 1. The van der Waals surface area contributed by atoms with E-state index in [1.165, 1.54) is 22.2 Å². The number of carbonyl (C=O) groups is 1. The first-order valence-corrected chi connectivity index (χ1v) is 12.6. The molecule has 2 heterocycles. The van der Waals surface area contributed by atoms with Crippen LogP contribution in [0.25, 0.3) is 10.9 Å². The summed E-state index contributed by atoms with van der Waals surface area (Å²) in [4.78, 5) is 14.0. The van der Waals surface area contributed by atoms with Crippen LogP contribution in [0.4, 0.5) is 4.39 Å². The van der Waals surface area contributed by atoms with Crippen molar-refractivity contribution in [3.05, 3.63) is 107 Å². The summed E-state index contributed by atoms with van der Waals surface area (Å²) in [6, 6.07) is 23.0. The predicted molar refractivity (Wildman–Crippen MR) is 140 cm³/mol. The van der Waals surface area contributed by atoms with Crippen LogP contribution in [0.2, 0.25) is 0 Å². The first-order valence-electron chi connectivity index (χ1n) is 12.6. The van der Waals surface area contributed by atoms with Crippen molar-refractivity contribution in [2.24, 2.45) is 5.92 Å². The molecule has 1 aliphatic heterocycles. The number of fused-ring (bicyclic) bond motifs is 1. The van der Waals surface area contributed by atoms with E-state index in [0.29, 0.717) is 18.0 Å². The molecular weight excluding hydrogens is 453 g/mol. The van der Waals surface area contributed by atoms with E-state index in [1.54, 1.807) is 29.7 Å². The lowest BCUT2D eigenvalue weighted by atomic mass is 9.96. The fourth-order valence-electron chi connectivity index (χ4n) is 5.46. The van der Waals surface area contributed by atoms with Crippen molar-refractivity contribution in [1.29, 1.82) is 0 Å². The van der Waals surface area contributed by atoms with E-state index in [1.807, 2.05) is 24.3 Å². The molecule has 0 spiro atoms. The highest BCUT2D eigenvalue weighted by atomic mass is 19.1. The molecule has 0 aliphatic carbocycles.